The highest BCUT2D eigenvalue weighted by Crippen LogP contribution is 2.25. The van der Waals surface area contributed by atoms with Gasteiger partial charge in [0.15, 0.2) is 0 Å². The van der Waals surface area contributed by atoms with Crippen LogP contribution in [-0.2, 0) is 11.2 Å². The second kappa shape index (κ2) is 12.0. The van der Waals surface area contributed by atoms with Gasteiger partial charge in [-0.25, -0.2) is 0 Å². The summed E-state index contributed by atoms with van der Waals surface area (Å²) in [6.07, 6.45) is 1.35. The van der Waals surface area contributed by atoms with Crippen molar-refractivity contribution in [3.8, 4) is 0 Å². The largest absolute Gasteiger partial charge is 0.307 e. The van der Waals surface area contributed by atoms with Gasteiger partial charge in [-0.2, -0.15) is 0 Å². The second-order valence-electron chi connectivity index (χ2n) is 7.79. The summed E-state index contributed by atoms with van der Waals surface area (Å²) in [5.41, 5.74) is 3.44. The normalized spacial score (nSPS) is 12.6. The SMILES string of the molecule is Cc1ccc(CC(=O)C(CC(C)N(C)C)c2ccccc2)cc1.c1ccccc1. The lowest BCUT2D eigenvalue weighted by molar-refractivity contribution is -0.120. The van der Waals surface area contributed by atoms with Gasteiger partial charge < -0.3 is 4.90 Å². The van der Waals surface area contributed by atoms with Crippen molar-refractivity contribution in [1.29, 1.82) is 0 Å². The number of ketones is 1. The Morgan fingerprint density at radius 3 is 1.76 bits per heavy atom. The van der Waals surface area contributed by atoms with Gasteiger partial charge >= 0.3 is 0 Å². The summed E-state index contributed by atoms with van der Waals surface area (Å²) in [5, 5.41) is 0. The zero-order chi connectivity index (χ0) is 21.1. The molecular weight excluding hydrogens is 354 g/mol. The maximum Gasteiger partial charge on any atom is 0.144 e. The number of hydrogen-bond donors (Lipinski definition) is 0. The quantitative estimate of drug-likeness (QED) is 0.502. The van der Waals surface area contributed by atoms with Crippen molar-refractivity contribution in [2.24, 2.45) is 0 Å². The first-order chi connectivity index (χ1) is 14.0. The van der Waals surface area contributed by atoms with Crippen LogP contribution in [0.25, 0.3) is 0 Å². The molecule has 3 aromatic carbocycles. The van der Waals surface area contributed by atoms with Crippen LogP contribution in [0, 0.1) is 6.92 Å². The highest BCUT2D eigenvalue weighted by atomic mass is 16.1. The van der Waals surface area contributed by atoms with E-state index in [4.69, 9.17) is 0 Å². The van der Waals surface area contributed by atoms with Gasteiger partial charge in [-0.15, -0.1) is 0 Å². The lowest BCUT2D eigenvalue weighted by atomic mass is 9.86. The minimum atomic E-state index is -0.0464. The Balaban J connectivity index is 0.000000426. The summed E-state index contributed by atoms with van der Waals surface area (Å²) in [4.78, 5) is 15.1. The fraction of sp³-hybridized carbons (Fsp3) is 0.296. The minimum Gasteiger partial charge on any atom is -0.307 e. The van der Waals surface area contributed by atoms with E-state index in [1.54, 1.807) is 0 Å². The smallest absolute Gasteiger partial charge is 0.144 e. The predicted octanol–water partition coefficient (Wildman–Crippen LogP) is 5.92. The number of benzene rings is 3. The average molecular weight is 388 g/mol. The molecule has 2 unspecified atom stereocenters. The van der Waals surface area contributed by atoms with Crippen molar-refractivity contribution in [1.82, 2.24) is 4.90 Å². The summed E-state index contributed by atoms with van der Waals surface area (Å²) in [7, 11) is 4.13. The second-order valence-corrected chi connectivity index (χ2v) is 7.79. The van der Waals surface area contributed by atoms with Gasteiger partial charge in [0.05, 0.1) is 0 Å². The number of aryl methyl sites for hydroxylation is 1. The van der Waals surface area contributed by atoms with Gasteiger partial charge in [-0.1, -0.05) is 96.6 Å². The molecule has 0 radical (unpaired) electrons. The van der Waals surface area contributed by atoms with E-state index in [2.05, 4.69) is 69.2 Å². The van der Waals surface area contributed by atoms with Crippen molar-refractivity contribution in [3.05, 3.63) is 108 Å². The van der Waals surface area contributed by atoms with E-state index in [-0.39, 0.29) is 5.92 Å². The molecule has 0 aliphatic heterocycles. The van der Waals surface area contributed by atoms with E-state index in [1.165, 1.54) is 5.56 Å². The van der Waals surface area contributed by atoms with Crippen LogP contribution in [0.1, 0.15) is 36.0 Å². The van der Waals surface area contributed by atoms with Crippen molar-refractivity contribution >= 4 is 5.78 Å². The van der Waals surface area contributed by atoms with Crippen molar-refractivity contribution < 1.29 is 4.79 Å². The molecule has 2 nitrogen and oxygen atoms in total. The molecule has 0 aliphatic rings. The first-order valence-electron chi connectivity index (χ1n) is 10.3. The third kappa shape index (κ3) is 8.05. The number of nitrogens with zero attached hydrogens (tertiary/aromatic N) is 1. The van der Waals surface area contributed by atoms with E-state index in [1.807, 2.05) is 54.6 Å². The summed E-state index contributed by atoms with van der Waals surface area (Å²) < 4.78 is 0. The molecule has 29 heavy (non-hydrogen) atoms. The molecular formula is C27H33NO. The van der Waals surface area contributed by atoms with Gasteiger partial charge in [0.2, 0.25) is 0 Å². The topological polar surface area (TPSA) is 20.3 Å². The van der Waals surface area contributed by atoms with Gasteiger partial charge in [-0.05, 0) is 45.5 Å². The molecule has 3 rings (SSSR count). The molecule has 0 amide bonds. The van der Waals surface area contributed by atoms with Gasteiger partial charge in [-0.3, -0.25) is 4.79 Å². The predicted molar refractivity (Wildman–Crippen MR) is 123 cm³/mol. The Bertz CT molecular complexity index is 799. The highest BCUT2D eigenvalue weighted by Gasteiger charge is 2.23. The third-order valence-corrected chi connectivity index (χ3v) is 5.21. The minimum absolute atomic E-state index is 0.0464. The van der Waals surface area contributed by atoms with Gasteiger partial charge in [0.1, 0.15) is 5.78 Å². The standard InChI is InChI=1S/C21H27NO.C6H6/c1-16-10-12-18(13-11-16)15-21(23)20(14-17(2)22(3)4)19-8-6-5-7-9-19;1-2-4-6-5-3-1/h5-13,17,20H,14-15H2,1-4H3;1-6H. The molecule has 3 aromatic rings. The molecule has 152 valence electrons. The maximum atomic E-state index is 12.9. The zero-order valence-corrected chi connectivity index (χ0v) is 18.1. The zero-order valence-electron chi connectivity index (χ0n) is 18.1. The fourth-order valence-electron chi connectivity index (χ4n) is 3.11. The van der Waals surface area contributed by atoms with E-state index in [0.717, 1.165) is 17.5 Å². The fourth-order valence-corrected chi connectivity index (χ4v) is 3.11. The molecule has 0 aliphatic carbocycles. The highest BCUT2D eigenvalue weighted by molar-refractivity contribution is 5.87. The van der Waals surface area contributed by atoms with Gasteiger partial charge in [0, 0.05) is 18.4 Å². The van der Waals surface area contributed by atoms with Crippen LogP contribution in [-0.4, -0.2) is 30.8 Å². The molecule has 0 aromatic heterocycles. The number of hydrogen-bond acceptors (Lipinski definition) is 2. The van der Waals surface area contributed by atoms with Gasteiger partial charge in [0.25, 0.3) is 0 Å². The summed E-state index contributed by atoms with van der Waals surface area (Å²) in [5.74, 6) is 0.253. The summed E-state index contributed by atoms with van der Waals surface area (Å²) >= 11 is 0. The molecule has 0 heterocycles. The number of rotatable bonds is 7. The first kappa shape index (κ1) is 22.6. The van der Waals surface area contributed by atoms with Crippen molar-refractivity contribution in [3.63, 3.8) is 0 Å². The monoisotopic (exact) mass is 387 g/mol. The molecule has 0 spiro atoms. The van der Waals surface area contributed by atoms with Crippen LogP contribution in [0.3, 0.4) is 0 Å². The third-order valence-electron chi connectivity index (χ3n) is 5.21. The molecule has 0 saturated heterocycles. The van der Waals surface area contributed by atoms with Crippen molar-refractivity contribution in [2.75, 3.05) is 14.1 Å². The Morgan fingerprint density at radius 2 is 1.28 bits per heavy atom. The lowest BCUT2D eigenvalue weighted by Gasteiger charge is -2.25. The number of carbonyl (C=O) groups excluding carboxylic acids is 1. The number of Topliss-reactive ketones (excluding diaryl/α,β-unsaturated/α-hetero) is 1. The first-order valence-corrected chi connectivity index (χ1v) is 10.3. The molecule has 0 N–H and O–H groups in total. The Kier molecular flexibility index (Phi) is 9.33. The van der Waals surface area contributed by atoms with E-state index >= 15 is 0 Å². The molecule has 0 fully saturated rings. The van der Waals surface area contributed by atoms with Crippen LogP contribution in [0.4, 0.5) is 0 Å². The van der Waals surface area contributed by atoms with Crippen LogP contribution in [0.5, 0.6) is 0 Å². The Hall–Kier alpha value is -2.71. The summed E-state index contributed by atoms with van der Waals surface area (Å²) in [6, 6.07) is 30.8. The van der Waals surface area contributed by atoms with Crippen LogP contribution >= 0.6 is 0 Å². The molecule has 2 heteroatoms. The maximum absolute atomic E-state index is 12.9. The Labute approximate surface area is 176 Å². The molecule has 0 bridgehead atoms. The van der Waals surface area contributed by atoms with E-state index < -0.39 is 0 Å². The van der Waals surface area contributed by atoms with E-state index in [0.29, 0.717) is 18.2 Å². The molecule has 0 saturated carbocycles. The van der Waals surface area contributed by atoms with Crippen molar-refractivity contribution in [2.45, 2.75) is 38.6 Å². The average Bonchev–Trinajstić information content (AvgIpc) is 2.75. The summed E-state index contributed by atoms with van der Waals surface area (Å²) in [6.45, 7) is 4.24. The lowest BCUT2D eigenvalue weighted by Crippen LogP contribution is -2.29. The number of carbonyl (C=O) groups is 1. The van der Waals surface area contributed by atoms with E-state index in [9.17, 15) is 4.79 Å². The van der Waals surface area contributed by atoms with Crippen LogP contribution < -0.4 is 0 Å². The Morgan fingerprint density at radius 1 is 0.793 bits per heavy atom. The van der Waals surface area contributed by atoms with Crippen LogP contribution in [0.2, 0.25) is 0 Å². The molecule has 2 atom stereocenters. The van der Waals surface area contributed by atoms with Crippen LogP contribution in [0.15, 0.2) is 91.0 Å².